The van der Waals surface area contributed by atoms with Crippen LogP contribution in [-0.4, -0.2) is 29.1 Å². The highest BCUT2D eigenvalue weighted by molar-refractivity contribution is 5.91. The van der Waals surface area contributed by atoms with Crippen LogP contribution >= 0.6 is 0 Å². The second-order valence-corrected chi connectivity index (χ2v) is 8.69. The van der Waals surface area contributed by atoms with Gasteiger partial charge in [-0.15, -0.1) is 0 Å². The Balaban J connectivity index is 1.55. The van der Waals surface area contributed by atoms with Crippen molar-refractivity contribution in [3.05, 3.63) is 77.2 Å². The molecule has 0 aliphatic heterocycles. The third kappa shape index (κ3) is 4.93. The van der Waals surface area contributed by atoms with Crippen molar-refractivity contribution in [3.63, 3.8) is 0 Å². The van der Waals surface area contributed by atoms with E-state index in [1.807, 2.05) is 6.07 Å². The number of carboxylic acids is 1. The van der Waals surface area contributed by atoms with Gasteiger partial charge in [-0.1, -0.05) is 25.1 Å². The zero-order valence-corrected chi connectivity index (χ0v) is 19.2. The van der Waals surface area contributed by atoms with E-state index < -0.39 is 23.7 Å². The lowest BCUT2D eigenvalue weighted by Gasteiger charge is -2.21. The SMILES string of the molecule is COc1cc(-c2ccc(OC(=O)c3cccc([C@H](C4CC4)[C@H](C)C(=O)O)c3)c(C)c2)c(F)cn1. The van der Waals surface area contributed by atoms with Crippen LogP contribution in [0, 0.1) is 24.6 Å². The maximum absolute atomic E-state index is 14.3. The minimum atomic E-state index is -0.844. The van der Waals surface area contributed by atoms with Crippen LogP contribution in [0.25, 0.3) is 11.1 Å². The quantitative estimate of drug-likeness (QED) is 0.344. The summed E-state index contributed by atoms with van der Waals surface area (Å²) in [4.78, 5) is 28.4. The summed E-state index contributed by atoms with van der Waals surface area (Å²) in [5, 5.41) is 9.52. The second-order valence-electron chi connectivity index (χ2n) is 8.69. The number of aliphatic carboxylic acids is 1. The van der Waals surface area contributed by atoms with Crippen LogP contribution in [0.1, 0.15) is 47.2 Å². The third-order valence-electron chi connectivity index (χ3n) is 6.29. The number of carbonyl (C=O) groups is 2. The fourth-order valence-corrected chi connectivity index (χ4v) is 4.29. The average Bonchev–Trinajstić information content (AvgIpc) is 3.66. The van der Waals surface area contributed by atoms with Crippen molar-refractivity contribution >= 4 is 11.9 Å². The molecular formula is C27H26FNO5. The first kappa shape index (κ1) is 23.4. The predicted molar refractivity (Wildman–Crippen MR) is 125 cm³/mol. The number of esters is 1. The monoisotopic (exact) mass is 463 g/mol. The Morgan fingerprint density at radius 3 is 2.56 bits per heavy atom. The van der Waals surface area contributed by atoms with Gasteiger partial charge in [0.1, 0.15) is 11.6 Å². The van der Waals surface area contributed by atoms with Gasteiger partial charge in [0.05, 0.1) is 24.8 Å². The molecule has 1 fully saturated rings. The number of benzene rings is 2. The minimum Gasteiger partial charge on any atom is -0.481 e. The number of hydrogen-bond acceptors (Lipinski definition) is 5. The highest BCUT2D eigenvalue weighted by Crippen LogP contribution is 2.46. The summed E-state index contributed by atoms with van der Waals surface area (Å²) >= 11 is 0. The smallest absolute Gasteiger partial charge is 0.343 e. The standard InChI is InChI=1S/C27H26FNO5/c1-15-11-18(21-13-24(33-3)29-14-22(21)28)9-10-23(15)34-27(32)20-6-4-5-19(12-20)25(17-7-8-17)16(2)26(30)31/h4-6,9-14,16-17,25H,7-8H2,1-3H3,(H,30,31)/t16-,25-/m0/s1. The zero-order valence-electron chi connectivity index (χ0n) is 19.2. The topological polar surface area (TPSA) is 85.7 Å². The fraction of sp³-hybridized carbons (Fsp3) is 0.296. The lowest BCUT2D eigenvalue weighted by atomic mass is 9.83. The van der Waals surface area contributed by atoms with E-state index in [2.05, 4.69) is 4.98 Å². The van der Waals surface area contributed by atoms with Crippen LogP contribution in [0.15, 0.2) is 54.7 Å². The molecule has 6 nitrogen and oxygen atoms in total. The van der Waals surface area contributed by atoms with E-state index in [1.165, 1.54) is 13.2 Å². The number of methoxy groups -OCH3 is 1. The highest BCUT2D eigenvalue weighted by atomic mass is 19.1. The Morgan fingerprint density at radius 2 is 1.91 bits per heavy atom. The number of aryl methyl sites for hydroxylation is 1. The molecule has 1 aliphatic carbocycles. The van der Waals surface area contributed by atoms with Crippen LogP contribution in [-0.2, 0) is 4.79 Å². The van der Waals surface area contributed by atoms with Gasteiger partial charge in [-0.3, -0.25) is 4.79 Å². The molecule has 1 aliphatic rings. The van der Waals surface area contributed by atoms with Crippen molar-refractivity contribution in [1.29, 1.82) is 0 Å². The maximum Gasteiger partial charge on any atom is 0.343 e. The molecule has 0 radical (unpaired) electrons. The highest BCUT2D eigenvalue weighted by Gasteiger charge is 2.38. The molecule has 4 rings (SSSR count). The summed E-state index contributed by atoms with van der Waals surface area (Å²) in [6.07, 6.45) is 3.09. The molecule has 3 aromatic rings. The molecule has 1 heterocycles. The summed E-state index contributed by atoms with van der Waals surface area (Å²) in [5.41, 5.74) is 2.79. The van der Waals surface area contributed by atoms with E-state index in [1.54, 1.807) is 50.2 Å². The van der Waals surface area contributed by atoms with Gasteiger partial charge in [-0.05, 0) is 72.6 Å². The number of ether oxygens (including phenoxy) is 2. The number of aromatic nitrogens is 1. The molecule has 1 N–H and O–H groups in total. The number of nitrogens with zero attached hydrogens (tertiary/aromatic N) is 1. The van der Waals surface area contributed by atoms with Crippen molar-refractivity contribution in [2.45, 2.75) is 32.6 Å². The molecule has 2 atom stereocenters. The number of pyridine rings is 1. The Bertz CT molecular complexity index is 1240. The summed E-state index contributed by atoms with van der Waals surface area (Å²) in [6.45, 7) is 3.49. The number of hydrogen-bond donors (Lipinski definition) is 1. The summed E-state index contributed by atoms with van der Waals surface area (Å²) < 4.78 is 25.0. The Kier molecular flexibility index (Phi) is 6.63. The van der Waals surface area contributed by atoms with Gasteiger partial charge < -0.3 is 14.6 Å². The number of carboxylic acid groups (broad SMARTS) is 1. The first-order valence-corrected chi connectivity index (χ1v) is 11.1. The molecule has 1 saturated carbocycles. The van der Waals surface area contributed by atoms with E-state index in [-0.39, 0.29) is 5.92 Å². The first-order chi connectivity index (χ1) is 16.3. The second kappa shape index (κ2) is 9.63. The van der Waals surface area contributed by atoms with Gasteiger partial charge in [0.15, 0.2) is 0 Å². The summed E-state index contributed by atoms with van der Waals surface area (Å²) in [7, 11) is 1.46. The number of rotatable bonds is 8. The van der Waals surface area contributed by atoms with Crippen molar-refractivity contribution in [3.8, 4) is 22.8 Å². The van der Waals surface area contributed by atoms with Crippen molar-refractivity contribution in [1.82, 2.24) is 4.98 Å². The maximum atomic E-state index is 14.3. The largest absolute Gasteiger partial charge is 0.481 e. The van der Waals surface area contributed by atoms with Crippen LogP contribution in [0.4, 0.5) is 4.39 Å². The van der Waals surface area contributed by atoms with Crippen LogP contribution in [0.5, 0.6) is 11.6 Å². The van der Waals surface area contributed by atoms with E-state index in [4.69, 9.17) is 9.47 Å². The minimum absolute atomic E-state index is 0.140. The summed E-state index contributed by atoms with van der Waals surface area (Å²) in [5.74, 6) is -1.57. The Morgan fingerprint density at radius 1 is 1.15 bits per heavy atom. The van der Waals surface area contributed by atoms with Crippen LogP contribution < -0.4 is 9.47 Å². The lowest BCUT2D eigenvalue weighted by molar-refractivity contribution is -0.142. The van der Waals surface area contributed by atoms with E-state index in [9.17, 15) is 19.1 Å². The Labute approximate surface area is 197 Å². The van der Waals surface area contributed by atoms with E-state index >= 15 is 0 Å². The van der Waals surface area contributed by atoms with Gasteiger partial charge in [-0.25, -0.2) is 14.2 Å². The average molecular weight is 464 g/mol. The molecule has 34 heavy (non-hydrogen) atoms. The molecule has 0 spiro atoms. The third-order valence-corrected chi connectivity index (χ3v) is 6.29. The van der Waals surface area contributed by atoms with Crippen molar-refractivity contribution in [2.24, 2.45) is 11.8 Å². The molecule has 7 heteroatoms. The first-order valence-electron chi connectivity index (χ1n) is 11.1. The van der Waals surface area contributed by atoms with E-state index in [0.717, 1.165) is 24.6 Å². The number of halogens is 1. The lowest BCUT2D eigenvalue weighted by Crippen LogP contribution is -2.21. The number of carbonyl (C=O) groups excluding carboxylic acids is 1. The molecular weight excluding hydrogens is 437 g/mol. The zero-order chi connectivity index (χ0) is 24.4. The molecule has 0 saturated heterocycles. The van der Waals surface area contributed by atoms with Crippen LogP contribution in [0.2, 0.25) is 0 Å². The summed E-state index contributed by atoms with van der Waals surface area (Å²) in [6, 6.07) is 13.5. The van der Waals surface area contributed by atoms with Crippen LogP contribution in [0.3, 0.4) is 0 Å². The van der Waals surface area contributed by atoms with Gasteiger partial charge in [0.2, 0.25) is 5.88 Å². The molecule has 0 bridgehead atoms. The van der Waals surface area contributed by atoms with Gasteiger partial charge in [-0.2, -0.15) is 0 Å². The van der Waals surface area contributed by atoms with E-state index in [0.29, 0.717) is 39.8 Å². The van der Waals surface area contributed by atoms with Gasteiger partial charge in [0.25, 0.3) is 0 Å². The molecule has 1 aromatic heterocycles. The normalized spacial score (nSPS) is 14.8. The predicted octanol–water partition coefficient (Wildman–Crippen LogP) is 5.64. The van der Waals surface area contributed by atoms with Gasteiger partial charge >= 0.3 is 11.9 Å². The van der Waals surface area contributed by atoms with Gasteiger partial charge in [0, 0.05) is 11.6 Å². The molecule has 0 unspecified atom stereocenters. The molecule has 0 amide bonds. The molecule has 2 aromatic carbocycles. The van der Waals surface area contributed by atoms with Crippen molar-refractivity contribution in [2.75, 3.05) is 7.11 Å². The van der Waals surface area contributed by atoms with Crippen molar-refractivity contribution < 1.29 is 28.6 Å². The molecule has 176 valence electrons. The Hall–Kier alpha value is -3.74. The fourth-order valence-electron chi connectivity index (χ4n) is 4.29.